The summed E-state index contributed by atoms with van der Waals surface area (Å²) in [6.45, 7) is 2.37. The monoisotopic (exact) mass is 434 g/mol. The Morgan fingerprint density at radius 1 is 1.19 bits per heavy atom. The lowest BCUT2D eigenvalue weighted by atomic mass is 10.1. The number of ketones is 1. The van der Waals surface area contributed by atoms with Crippen molar-refractivity contribution in [3.63, 3.8) is 0 Å². The first kappa shape index (κ1) is 21.3. The molecule has 9 heteroatoms. The average molecular weight is 434 g/mol. The molecule has 3 heterocycles. The van der Waals surface area contributed by atoms with Gasteiger partial charge in [-0.25, -0.2) is 4.98 Å². The van der Waals surface area contributed by atoms with E-state index < -0.39 is 5.91 Å². The van der Waals surface area contributed by atoms with Crippen molar-refractivity contribution in [2.75, 3.05) is 19.0 Å². The van der Waals surface area contributed by atoms with Crippen molar-refractivity contribution in [2.24, 2.45) is 0 Å². The molecule has 1 N–H and O–H groups in total. The normalized spacial score (nSPS) is 10.9. The van der Waals surface area contributed by atoms with Gasteiger partial charge in [0.1, 0.15) is 5.76 Å². The molecule has 164 valence electrons. The van der Waals surface area contributed by atoms with E-state index in [0.717, 1.165) is 17.5 Å². The maximum Gasteiger partial charge on any atom is 0.279 e. The maximum absolute atomic E-state index is 12.8. The van der Waals surface area contributed by atoms with Gasteiger partial charge in [0.15, 0.2) is 35.2 Å². The molecule has 9 nitrogen and oxygen atoms in total. The van der Waals surface area contributed by atoms with Crippen molar-refractivity contribution >= 4 is 17.5 Å². The molecule has 32 heavy (non-hydrogen) atoms. The summed E-state index contributed by atoms with van der Waals surface area (Å²) in [5.74, 6) is 1.05. The number of amides is 1. The van der Waals surface area contributed by atoms with Crippen molar-refractivity contribution < 1.29 is 23.2 Å². The number of nitrogens with zero attached hydrogens (tertiary/aromatic N) is 3. The molecule has 0 unspecified atom stereocenters. The summed E-state index contributed by atoms with van der Waals surface area (Å²) in [4.78, 5) is 28.3. The lowest BCUT2D eigenvalue weighted by Gasteiger charge is -2.05. The number of methoxy groups -OCH3 is 1. The fourth-order valence-electron chi connectivity index (χ4n) is 3.20. The van der Waals surface area contributed by atoms with Crippen LogP contribution in [0.2, 0.25) is 0 Å². The van der Waals surface area contributed by atoms with Crippen LogP contribution in [0.15, 0.2) is 63.9 Å². The van der Waals surface area contributed by atoms with E-state index in [0.29, 0.717) is 36.3 Å². The molecule has 3 aromatic heterocycles. The summed E-state index contributed by atoms with van der Waals surface area (Å²) in [5, 5.41) is 7.06. The lowest BCUT2D eigenvalue weighted by molar-refractivity contribution is 0.0983. The van der Waals surface area contributed by atoms with Crippen molar-refractivity contribution in [2.45, 2.75) is 19.9 Å². The molecule has 0 radical (unpaired) electrons. The van der Waals surface area contributed by atoms with Crippen molar-refractivity contribution in [1.82, 2.24) is 14.8 Å². The van der Waals surface area contributed by atoms with E-state index in [-0.39, 0.29) is 11.5 Å². The van der Waals surface area contributed by atoms with Crippen LogP contribution in [0, 0.1) is 0 Å². The van der Waals surface area contributed by atoms with Crippen LogP contribution >= 0.6 is 0 Å². The van der Waals surface area contributed by atoms with Crippen LogP contribution in [0.25, 0.3) is 11.3 Å². The van der Waals surface area contributed by atoms with E-state index >= 15 is 0 Å². The molecule has 0 atom stereocenters. The van der Waals surface area contributed by atoms with E-state index in [4.69, 9.17) is 13.6 Å². The first-order chi connectivity index (χ1) is 15.5. The number of ether oxygens (including phenoxy) is 1. The van der Waals surface area contributed by atoms with Gasteiger partial charge in [0.2, 0.25) is 0 Å². The maximum atomic E-state index is 12.8. The first-order valence-electron chi connectivity index (χ1n) is 9.99. The third kappa shape index (κ3) is 4.84. The van der Waals surface area contributed by atoms with Gasteiger partial charge < -0.3 is 18.9 Å². The van der Waals surface area contributed by atoms with Crippen LogP contribution < -0.4 is 5.32 Å². The molecule has 0 bridgehead atoms. The molecule has 1 aromatic carbocycles. The van der Waals surface area contributed by atoms with Crippen LogP contribution in [0.4, 0.5) is 5.82 Å². The van der Waals surface area contributed by atoms with Gasteiger partial charge in [-0.1, -0.05) is 18.2 Å². The summed E-state index contributed by atoms with van der Waals surface area (Å²) in [6.07, 6.45) is 3.70. The average Bonchev–Trinajstić information content (AvgIpc) is 3.54. The second-order valence-electron chi connectivity index (χ2n) is 7.15. The predicted molar refractivity (Wildman–Crippen MR) is 116 cm³/mol. The molecular weight excluding hydrogens is 412 g/mol. The van der Waals surface area contributed by atoms with Crippen LogP contribution in [0.1, 0.15) is 39.3 Å². The molecule has 0 saturated carbocycles. The largest absolute Gasteiger partial charge is 0.456 e. The minimum atomic E-state index is -0.432. The SMILES string of the molecule is COCCc1cccc(-c2ocnc2C(=O)Nc2ccn(Cc3ccc(C(C)=O)o3)n2)c1. The van der Waals surface area contributed by atoms with Crippen LogP contribution in [-0.2, 0) is 17.7 Å². The number of Topliss-reactive ketones (excluding diaryl/α,β-unsaturated/α-hetero) is 1. The van der Waals surface area contributed by atoms with Gasteiger partial charge in [0, 0.05) is 31.9 Å². The second-order valence-corrected chi connectivity index (χ2v) is 7.15. The number of benzene rings is 1. The minimum Gasteiger partial charge on any atom is -0.456 e. The van der Waals surface area contributed by atoms with E-state index in [9.17, 15) is 9.59 Å². The molecule has 0 aliphatic heterocycles. The highest BCUT2D eigenvalue weighted by molar-refractivity contribution is 6.05. The number of carbonyl (C=O) groups is 2. The molecule has 0 fully saturated rings. The second kappa shape index (κ2) is 9.44. The fraction of sp³-hybridized carbons (Fsp3) is 0.217. The van der Waals surface area contributed by atoms with Crippen LogP contribution in [0.5, 0.6) is 0 Å². The quantitative estimate of drug-likeness (QED) is 0.399. The zero-order valence-electron chi connectivity index (χ0n) is 17.7. The summed E-state index contributed by atoms with van der Waals surface area (Å²) >= 11 is 0. The van der Waals surface area contributed by atoms with Gasteiger partial charge >= 0.3 is 0 Å². The standard InChI is InChI=1S/C23H22N4O5/c1-15(28)19-7-6-18(32-19)13-27-10-8-20(26-27)25-23(29)21-22(31-14-24-21)17-5-3-4-16(12-17)9-11-30-2/h3-8,10,12,14H,9,11,13H2,1-2H3,(H,25,26,29). The van der Waals surface area contributed by atoms with Crippen LogP contribution in [0.3, 0.4) is 0 Å². The predicted octanol–water partition coefficient (Wildman–Crippen LogP) is 3.82. The number of hydrogen-bond acceptors (Lipinski definition) is 7. The smallest absolute Gasteiger partial charge is 0.279 e. The molecule has 0 saturated heterocycles. The number of carbonyl (C=O) groups excluding carboxylic acids is 2. The first-order valence-corrected chi connectivity index (χ1v) is 9.99. The highest BCUT2D eigenvalue weighted by Crippen LogP contribution is 2.25. The number of anilines is 1. The summed E-state index contributed by atoms with van der Waals surface area (Å²) in [5.41, 5.74) is 1.99. The van der Waals surface area contributed by atoms with E-state index in [1.807, 2.05) is 24.3 Å². The fourth-order valence-corrected chi connectivity index (χ4v) is 3.20. The van der Waals surface area contributed by atoms with E-state index in [1.165, 1.54) is 13.3 Å². The van der Waals surface area contributed by atoms with Crippen molar-refractivity contribution in [1.29, 1.82) is 0 Å². The highest BCUT2D eigenvalue weighted by atomic mass is 16.5. The Morgan fingerprint density at radius 2 is 2.06 bits per heavy atom. The van der Waals surface area contributed by atoms with Gasteiger partial charge in [-0.05, 0) is 30.2 Å². The van der Waals surface area contributed by atoms with Crippen molar-refractivity contribution in [3.8, 4) is 11.3 Å². The summed E-state index contributed by atoms with van der Waals surface area (Å²) in [7, 11) is 1.65. The minimum absolute atomic E-state index is 0.141. The number of aromatic nitrogens is 3. The Morgan fingerprint density at radius 3 is 2.84 bits per heavy atom. The number of nitrogens with one attached hydrogen (secondary N) is 1. The molecule has 0 aliphatic carbocycles. The number of furan rings is 1. The summed E-state index contributed by atoms with van der Waals surface area (Å²) < 4.78 is 17.7. The van der Waals surface area contributed by atoms with Gasteiger partial charge in [0.25, 0.3) is 5.91 Å². The number of oxazole rings is 1. The molecule has 1 amide bonds. The Bertz CT molecular complexity index is 1240. The van der Waals surface area contributed by atoms with E-state index in [2.05, 4.69) is 15.4 Å². The van der Waals surface area contributed by atoms with E-state index in [1.54, 1.807) is 36.2 Å². The van der Waals surface area contributed by atoms with Gasteiger partial charge in [-0.2, -0.15) is 5.10 Å². The third-order valence-corrected chi connectivity index (χ3v) is 4.78. The molecule has 0 spiro atoms. The highest BCUT2D eigenvalue weighted by Gasteiger charge is 2.19. The topological polar surface area (TPSA) is 112 Å². The van der Waals surface area contributed by atoms with Crippen LogP contribution in [-0.4, -0.2) is 40.2 Å². The Hall–Kier alpha value is -3.98. The Labute approximate surface area is 184 Å². The Kier molecular flexibility index (Phi) is 6.27. The third-order valence-electron chi connectivity index (χ3n) is 4.78. The summed E-state index contributed by atoms with van der Waals surface area (Å²) in [6, 6.07) is 12.7. The molecule has 4 rings (SSSR count). The Balaban J connectivity index is 1.45. The molecular formula is C23H22N4O5. The van der Waals surface area contributed by atoms with Gasteiger partial charge in [-0.3, -0.25) is 14.3 Å². The zero-order valence-corrected chi connectivity index (χ0v) is 17.7. The number of rotatable bonds is 9. The molecule has 4 aromatic rings. The zero-order chi connectivity index (χ0) is 22.5. The number of hydrogen-bond donors (Lipinski definition) is 1. The van der Waals surface area contributed by atoms with Gasteiger partial charge in [0.05, 0.1) is 13.2 Å². The van der Waals surface area contributed by atoms with Gasteiger partial charge in [-0.15, -0.1) is 0 Å². The lowest BCUT2D eigenvalue weighted by Crippen LogP contribution is -2.14. The molecule has 0 aliphatic rings. The van der Waals surface area contributed by atoms with Crippen molar-refractivity contribution in [3.05, 3.63) is 77.8 Å².